The molecule has 0 atom stereocenters. The standard InChI is InChI=1S/C54H32N4OS/c1-3-14-33(15-4-1)35-18-11-19-36(30-35)40-24-13-25-43-48-42-23-8-10-27-47(42)60-51(48)49(55-50(40)43)37-20-12-21-38(31-37)53-56-52(34-16-5-2-6-17-34)57-54(58-53)39-28-29-46-44(32-39)41-22-7-9-26-45(41)59-46/h1-32H. The number of rotatable bonds is 6. The molecule has 4 heterocycles. The molecule has 0 N–H and O–H groups in total. The zero-order chi connectivity index (χ0) is 39.6. The van der Waals surface area contributed by atoms with Crippen LogP contribution in [0.15, 0.2) is 199 Å². The van der Waals surface area contributed by atoms with E-state index in [0.29, 0.717) is 17.5 Å². The molecule has 0 bridgehead atoms. The summed E-state index contributed by atoms with van der Waals surface area (Å²) in [4.78, 5) is 20.9. The molecule has 0 aliphatic heterocycles. The number of hydrogen-bond donors (Lipinski definition) is 0. The maximum atomic E-state index is 6.16. The van der Waals surface area contributed by atoms with Gasteiger partial charge in [-0.1, -0.05) is 152 Å². The molecule has 0 saturated carbocycles. The quantitative estimate of drug-likeness (QED) is 0.168. The Morgan fingerprint density at radius 1 is 0.350 bits per heavy atom. The highest BCUT2D eigenvalue weighted by molar-refractivity contribution is 7.26. The van der Waals surface area contributed by atoms with Gasteiger partial charge in [0.25, 0.3) is 0 Å². The Balaban J connectivity index is 1.05. The molecule has 0 spiro atoms. The Bertz CT molecular complexity index is 3610. The van der Waals surface area contributed by atoms with Crippen LogP contribution in [0.2, 0.25) is 0 Å². The lowest BCUT2D eigenvalue weighted by atomic mass is 9.95. The van der Waals surface area contributed by atoms with Crippen molar-refractivity contribution in [2.24, 2.45) is 0 Å². The molecular weight excluding hydrogens is 753 g/mol. The number of fused-ring (bicyclic) bond motifs is 8. The first-order valence-electron chi connectivity index (χ1n) is 20.0. The number of para-hydroxylation sites is 2. The van der Waals surface area contributed by atoms with Gasteiger partial charge in [-0.05, 0) is 59.2 Å². The third-order valence-electron chi connectivity index (χ3n) is 11.3. The van der Waals surface area contributed by atoms with Crippen LogP contribution in [0.1, 0.15) is 0 Å². The lowest BCUT2D eigenvalue weighted by Gasteiger charge is -2.13. The highest BCUT2D eigenvalue weighted by atomic mass is 32.1. The molecule has 8 aromatic carbocycles. The summed E-state index contributed by atoms with van der Waals surface area (Å²) < 4.78 is 8.54. The van der Waals surface area contributed by atoms with Crippen molar-refractivity contribution in [3.8, 4) is 67.7 Å². The van der Waals surface area contributed by atoms with E-state index in [-0.39, 0.29) is 0 Å². The molecular formula is C54H32N4OS. The van der Waals surface area contributed by atoms with Crippen molar-refractivity contribution >= 4 is 64.4 Å². The van der Waals surface area contributed by atoms with Gasteiger partial charge in [0.2, 0.25) is 0 Å². The van der Waals surface area contributed by atoms with E-state index in [0.717, 1.165) is 76.6 Å². The molecule has 12 aromatic rings. The minimum Gasteiger partial charge on any atom is -0.456 e. The number of pyridine rings is 1. The van der Waals surface area contributed by atoms with Crippen LogP contribution in [0.4, 0.5) is 0 Å². The number of thiophene rings is 1. The summed E-state index contributed by atoms with van der Waals surface area (Å²) in [5.74, 6) is 1.79. The normalized spacial score (nSPS) is 11.7. The number of benzene rings is 8. The Labute approximate surface area is 348 Å². The van der Waals surface area contributed by atoms with Crippen molar-refractivity contribution in [1.29, 1.82) is 0 Å². The van der Waals surface area contributed by atoms with Gasteiger partial charge < -0.3 is 4.42 Å². The van der Waals surface area contributed by atoms with Gasteiger partial charge in [0.15, 0.2) is 17.5 Å². The van der Waals surface area contributed by atoms with Crippen molar-refractivity contribution in [3.05, 3.63) is 194 Å². The SMILES string of the molecule is c1ccc(-c2cccc(-c3cccc4c3nc(-c3cccc(-c5nc(-c6ccccc6)nc(-c6ccc7oc8ccccc8c7c6)n5)c3)c3sc5ccccc5c34)c2)cc1. The molecule has 0 radical (unpaired) electrons. The van der Waals surface area contributed by atoms with E-state index in [1.54, 1.807) is 11.3 Å². The molecule has 0 fully saturated rings. The molecule has 5 nitrogen and oxygen atoms in total. The van der Waals surface area contributed by atoms with Crippen LogP contribution in [0.25, 0.3) is 121 Å². The third-order valence-corrected chi connectivity index (χ3v) is 12.5. The maximum absolute atomic E-state index is 6.16. The van der Waals surface area contributed by atoms with Gasteiger partial charge in [0.1, 0.15) is 11.2 Å². The Morgan fingerprint density at radius 2 is 0.917 bits per heavy atom. The Morgan fingerprint density at radius 3 is 1.73 bits per heavy atom. The van der Waals surface area contributed by atoms with Crippen molar-refractivity contribution in [2.45, 2.75) is 0 Å². The van der Waals surface area contributed by atoms with Crippen molar-refractivity contribution in [1.82, 2.24) is 19.9 Å². The van der Waals surface area contributed by atoms with Gasteiger partial charge in [0, 0.05) is 59.4 Å². The summed E-state index contributed by atoms with van der Waals surface area (Å²) in [5, 5.41) is 5.67. The molecule has 0 aliphatic carbocycles. The zero-order valence-corrected chi connectivity index (χ0v) is 32.9. The largest absolute Gasteiger partial charge is 0.456 e. The maximum Gasteiger partial charge on any atom is 0.164 e. The minimum atomic E-state index is 0.588. The summed E-state index contributed by atoms with van der Waals surface area (Å²) in [5.41, 5.74) is 11.8. The topological polar surface area (TPSA) is 64.7 Å². The molecule has 0 saturated heterocycles. The van der Waals surface area contributed by atoms with E-state index in [1.807, 2.05) is 60.7 Å². The summed E-state index contributed by atoms with van der Waals surface area (Å²) in [6.07, 6.45) is 0. The second-order valence-electron chi connectivity index (χ2n) is 15.0. The monoisotopic (exact) mass is 784 g/mol. The van der Waals surface area contributed by atoms with Gasteiger partial charge in [-0.3, -0.25) is 0 Å². The fourth-order valence-electron chi connectivity index (χ4n) is 8.45. The number of hydrogen-bond acceptors (Lipinski definition) is 6. The molecule has 6 heteroatoms. The van der Waals surface area contributed by atoms with Crippen molar-refractivity contribution in [3.63, 3.8) is 0 Å². The second kappa shape index (κ2) is 13.9. The predicted octanol–water partition coefficient (Wildman–Crippen LogP) is 14.7. The van der Waals surface area contributed by atoms with E-state index in [2.05, 4.69) is 133 Å². The molecule has 4 aromatic heterocycles. The van der Waals surface area contributed by atoms with Crippen LogP contribution >= 0.6 is 11.3 Å². The summed E-state index contributed by atoms with van der Waals surface area (Å²) in [7, 11) is 0. The van der Waals surface area contributed by atoms with Gasteiger partial charge in [-0.25, -0.2) is 19.9 Å². The average molecular weight is 785 g/mol. The van der Waals surface area contributed by atoms with E-state index in [1.165, 1.54) is 26.6 Å². The summed E-state index contributed by atoms with van der Waals surface area (Å²) in [6, 6.07) is 67.4. The van der Waals surface area contributed by atoms with E-state index in [9.17, 15) is 0 Å². The van der Waals surface area contributed by atoms with E-state index >= 15 is 0 Å². The van der Waals surface area contributed by atoms with Gasteiger partial charge in [-0.2, -0.15) is 0 Å². The molecule has 60 heavy (non-hydrogen) atoms. The number of nitrogens with zero attached hydrogens (tertiary/aromatic N) is 4. The van der Waals surface area contributed by atoms with Crippen LogP contribution in [0, 0.1) is 0 Å². The first-order chi connectivity index (χ1) is 29.7. The van der Waals surface area contributed by atoms with Gasteiger partial charge >= 0.3 is 0 Å². The third kappa shape index (κ3) is 5.76. The van der Waals surface area contributed by atoms with Crippen LogP contribution in [0.3, 0.4) is 0 Å². The Hall–Kier alpha value is -7.80. The second-order valence-corrected chi connectivity index (χ2v) is 16.0. The number of aromatic nitrogens is 4. The zero-order valence-electron chi connectivity index (χ0n) is 32.1. The lowest BCUT2D eigenvalue weighted by Crippen LogP contribution is -2.00. The average Bonchev–Trinajstić information content (AvgIpc) is 3.91. The lowest BCUT2D eigenvalue weighted by molar-refractivity contribution is 0.669. The number of furan rings is 1. The fraction of sp³-hybridized carbons (Fsp3) is 0. The summed E-state index contributed by atoms with van der Waals surface area (Å²) in [6.45, 7) is 0. The minimum absolute atomic E-state index is 0.588. The fourth-order valence-corrected chi connectivity index (χ4v) is 9.68. The highest BCUT2D eigenvalue weighted by Crippen LogP contribution is 2.45. The first-order valence-corrected chi connectivity index (χ1v) is 20.8. The molecule has 280 valence electrons. The van der Waals surface area contributed by atoms with Crippen LogP contribution in [-0.2, 0) is 0 Å². The van der Waals surface area contributed by atoms with Crippen LogP contribution in [0.5, 0.6) is 0 Å². The van der Waals surface area contributed by atoms with E-state index < -0.39 is 0 Å². The first kappa shape index (κ1) is 34.3. The van der Waals surface area contributed by atoms with Crippen molar-refractivity contribution in [2.75, 3.05) is 0 Å². The van der Waals surface area contributed by atoms with Crippen LogP contribution < -0.4 is 0 Å². The van der Waals surface area contributed by atoms with Gasteiger partial charge in [0.05, 0.1) is 15.9 Å². The van der Waals surface area contributed by atoms with Gasteiger partial charge in [-0.15, -0.1) is 11.3 Å². The molecule has 0 unspecified atom stereocenters. The predicted molar refractivity (Wildman–Crippen MR) is 248 cm³/mol. The molecule has 0 aliphatic rings. The van der Waals surface area contributed by atoms with Crippen molar-refractivity contribution < 1.29 is 4.42 Å². The van der Waals surface area contributed by atoms with Crippen LogP contribution in [-0.4, -0.2) is 19.9 Å². The smallest absolute Gasteiger partial charge is 0.164 e. The summed E-state index contributed by atoms with van der Waals surface area (Å²) >= 11 is 1.79. The van der Waals surface area contributed by atoms with E-state index in [4.69, 9.17) is 24.4 Å². The molecule has 12 rings (SSSR count). The molecule has 0 amide bonds. The Kier molecular flexibility index (Phi) is 7.96. The highest BCUT2D eigenvalue weighted by Gasteiger charge is 2.20.